The fourth-order valence-corrected chi connectivity index (χ4v) is 3.63. The number of rotatable bonds is 6. The van der Waals surface area contributed by atoms with Crippen LogP contribution in [0, 0.1) is 0 Å². The fourth-order valence-electron chi connectivity index (χ4n) is 1.64. The van der Waals surface area contributed by atoms with Gasteiger partial charge in [0.2, 0.25) is 0 Å². The van der Waals surface area contributed by atoms with E-state index in [0.29, 0.717) is 12.3 Å². The van der Waals surface area contributed by atoms with Crippen molar-refractivity contribution >= 4 is 31.8 Å². The average Bonchev–Trinajstić information content (AvgIpc) is 2.93. The number of aryl methyl sites for hydroxylation is 1. The highest BCUT2D eigenvalue weighted by molar-refractivity contribution is 9.10. The third kappa shape index (κ3) is 4.08. The van der Waals surface area contributed by atoms with Gasteiger partial charge in [0.25, 0.3) is 10.0 Å². The van der Waals surface area contributed by atoms with E-state index in [4.69, 9.17) is 4.42 Å². The third-order valence-corrected chi connectivity index (χ3v) is 4.84. The lowest BCUT2D eigenvalue weighted by atomic mass is 10.3. The summed E-state index contributed by atoms with van der Waals surface area (Å²) in [4.78, 5) is 0.0497. The number of aromatic nitrogens is 2. The van der Waals surface area contributed by atoms with Crippen LogP contribution in [0.25, 0.3) is 0 Å². The molecule has 0 unspecified atom stereocenters. The largest absolute Gasteiger partial charge is 0.451 e. The molecule has 0 aromatic carbocycles. The van der Waals surface area contributed by atoms with E-state index in [1.165, 1.54) is 10.7 Å². The number of sulfonamides is 1. The molecule has 2 N–H and O–H groups in total. The zero-order valence-electron chi connectivity index (χ0n) is 11.9. The minimum Gasteiger partial charge on any atom is -0.451 e. The Morgan fingerprint density at radius 1 is 1.48 bits per heavy atom. The Morgan fingerprint density at radius 2 is 2.19 bits per heavy atom. The van der Waals surface area contributed by atoms with Crippen molar-refractivity contribution in [1.82, 2.24) is 15.1 Å². The Kier molecular flexibility index (Phi) is 4.74. The van der Waals surface area contributed by atoms with Gasteiger partial charge in [-0.25, -0.2) is 8.42 Å². The van der Waals surface area contributed by atoms with E-state index in [1.807, 2.05) is 13.8 Å². The molecule has 0 saturated carbocycles. The number of halogens is 1. The second-order valence-corrected chi connectivity index (χ2v) is 7.24. The Balaban J connectivity index is 2.19. The summed E-state index contributed by atoms with van der Waals surface area (Å²) >= 11 is 3.14. The number of nitrogens with one attached hydrogen (secondary N) is 2. The van der Waals surface area contributed by atoms with Gasteiger partial charge in [0.05, 0.1) is 6.54 Å². The first-order valence-electron chi connectivity index (χ1n) is 6.32. The van der Waals surface area contributed by atoms with Crippen molar-refractivity contribution in [2.45, 2.75) is 31.3 Å². The lowest BCUT2D eigenvalue weighted by Crippen LogP contribution is -2.21. The Bertz CT molecular complexity index is 721. The Labute approximate surface area is 131 Å². The van der Waals surface area contributed by atoms with Crippen molar-refractivity contribution in [3.8, 4) is 0 Å². The topological polar surface area (TPSA) is 89.2 Å². The number of hydrogen-bond acceptors (Lipinski definition) is 5. The maximum Gasteiger partial charge on any atom is 0.267 e. The number of hydrogen-bond donors (Lipinski definition) is 2. The molecule has 2 heterocycles. The second kappa shape index (κ2) is 6.20. The van der Waals surface area contributed by atoms with Crippen LogP contribution in [0.3, 0.4) is 0 Å². The number of nitrogens with zero attached hydrogens (tertiary/aromatic N) is 2. The molecule has 0 spiro atoms. The quantitative estimate of drug-likeness (QED) is 0.805. The zero-order chi connectivity index (χ0) is 15.6. The van der Waals surface area contributed by atoms with Gasteiger partial charge in [0, 0.05) is 31.4 Å². The zero-order valence-corrected chi connectivity index (χ0v) is 14.3. The molecule has 21 heavy (non-hydrogen) atoms. The van der Waals surface area contributed by atoms with Crippen molar-refractivity contribution in [1.29, 1.82) is 0 Å². The Hall–Kier alpha value is -1.32. The van der Waals surface area contributed by atoms with Gasteiger partial charge < -0.3 is 9.73 Å². The summed E-state index contributed by atoms with van der Waals surface area (Å²) in [6.45, 7) is 4.45. The van der Waals surface area contributed by atoms with Gasteiger partial charge in [-0.05, 0) is 15.9 Å². The molecule has 0 aliphatic rings. The van der Waals surface area contributed by atoms with Crippen molar-refractivity contribution in [3.63, 3.8) is 0 Å². The molecule has 7 nitrogen and oxygen atoms in total. The van der Waals surface area contributed by atoms with E-state index in [2.05, 4.69) is 31.1 Å². The second-order valence-electron chi connectivity index (χ2n) is 4.87. The summed E-state index contributed by atoms with van der Waals surface area (Å²) < 4.78 is 34.1. The van der Waals surface area contributed by atoms with Crippen LogP contribution in [0.15, 0.2) is 32.3 Å². The van der Waals surface area contributed by atoms with Crippen LogP contribution in [0.2, 0.25) is 0 Å². The van der Waals surface area contributed by atoms with Gasteiger partial charge in [-0.3, -0.25) is 9.40 Å². The van der Waals surface area contributed by atoms with Crippen LogP contribution in [0.5, 0.6) is 0 Å². The minimum absolute atomic E-state index is 0.0497. The number of furan rings is 1. The van der Waals surface area contributed by atoms with E-state index in [0.717, 1.165) is 0 Å². The standard InChI is InChI=1S/C12H17BrN4O3S/c1-8(2)14-7-9-6-10(12(13)20-9)21(18,19)16-11-4-5-17(3)15-11/h4-6,8,14H,7H2,1-3H3,(H,15,16). The molecule has 0 fully saturated rings. The minimum atomic E-state index is -3.74. The lowest BCUT2D eigenvalue weighted by molar-refractivity contribution is 0.447. The molecular weight excluding hydrogens is 360 g/mol. The molecule has 0 atom stereocenters. The van der Waals surface area contributed by atoms with E-state index in [-0.39, 0.29) is 21.4 Å². The molecule has 2 rings (SSSR count). The average molecular weight is 377 g/mol. The lowest BCUT2D eigenvalue weighted by Gasteiger charge is -2.04. The molecule has 0 aliphatic carbocycles. The SMILES string of the molecule is CC(C)NCc1cc(S(=O)(=O)Nc2ccn(C)n2)c(Br)o1. The smallest absolute Gasteiger partial charge is 0.267 e. The van der Waals surface area contributed by atoms with Gasteiger partial charge in [-0.2, -0.15) is 5.10 Å². The van der Waals surface area contributed by atoms with Crippen LogP contribution < -0.4 is 10.0 Å². The van der Waals surface area contributed by atoms with Crippen LogP contribution >= 0.6 is 15.9 Å². The molecule has 2 aromatic heterocycles. The molecule has 0 amide bonds. The Morgan fingerprint density at radius 3 is 2.76 bits per heavy atom. The fraction of sp³-hybridized carbons (Fsp3) is 0.417. The van der Waals surface area contributed by atoms with Crippen molar-refractivity contribution in [2.24, 2.45) is 7.05 Å². The predicted molar refractivity (Wildman–Crippen MR) is 82.4 cm³/mol. The van der Waals surface area contributed by atoms with Crippen molar-refractivity contribution in [3.05, 3.63) is 28.8 Å². The molecule has 116 valence electrons. The molecule has 9 heteroatoms. The molecule has 0 radical (unpaired) electrons. The predicted octanol–water partition coefficient (Wildman–Crippen LogP) is 2.07. The van der Waals surface area contributed by atoms with Gasteiger partial charge in [-0.15, -0.1) is 0 Å². The highest BCUT2D eigenvalue weighted by Gasteiger charge is 2.23. The molecule has 0 aliphatic heterocycles. The van der Waals surface area contributed by atoms with Crippen LogP contribution in [-0.2, 0) is 23.6 Å². The summed E-state index contributed by atoms with van der Waals surface area (Å²) in [7, 11) is -2.03. The third-order valence-electron chi connectivity index (χ3n) is 2.63. The van der Waals surface area contributed by atoms with Gasteiger partial charge in [-0.1, -0.05) is 13.8 Å². The van der Waals surface area contributed by atoms with E-state index in [9.17, 15) is 8.42 Å². The van der Waals surface area contributed by atoms with E-state index < -0.39 is 10.0 Å². The molecule has 0 bridgehead atoms. The normalized spacial score (nSPS) is 12.0. The monoisotopic (exact) mass is 376 g/mol. The summed E-state index contributed by atoms with van der Waals surface area (Å²) in [6.07, 6.45) is 1.65. The van der Waals surface area contributed by atoms with Crippen LogP contribution in [0.4, 0.5) is 5.82 Å². The van der Waals surface area contributed by atoms with Gasteiger partial charge >= 0.3 is 0 Å². The highest BCUT2D eigenvalue weighted by Crippen LogP contribution is 2.27. The summed E-state index contributed by atoms with van der Waals surface area (Å²) in [5.41, 5.74) is 0. The van der Waals surface area contributed by atoms with E-state index >= 15 is 0 Å². The molecule has 2 aromatic rings. The van der Waals surface area contributed by atoms with Crippen molar-refractivity contribution in [2.75, 3.05) is 4.72 Å². The molecule has 0 saturated heterocycles. The summed E-state index contributed by atoms with van der Waals surface area (Å²) in [6, 6.07) is 3.35. The molecular formula is C12H17BrN4O3S. The first-order valence-corrected chi connectivity index (χ1v) is 8.59. The number of anilines is 1. The maximum absolute atomic E-state index is 12.3. The van der Waals surface area contributed by atoms with Crippen molar-refractivity contribution < 1.29 is 12.8 Å². The van der Waals surface area contributed by atoms with Gasteiger partial charge in [0.15, 0.2) is 10.5 Å². The maximum atomic E-state index is 12.3. The van der Waals surface area contributed by atoms with E-state index in [1.54, 1.807) is 19.3 Å². The van der Waals surface area contributed by atoms with Crippen LogP contribution in [-0.4, -0.2) is 24.2 Å². The van der Waals surface area contributed by atoms with Crippen LogP contribution in [0.1, 0.15) is 19.6 Å². The first-order chi connectivity index (χ1) is 9.78. The van der Waals surface area contributed by atoms with Gasteiger partial charge in [0.1, 0.15) is 10.7 Å². The summed E-state index contributed by atoms with van der Waals surface area (Å²) in [5, 5.41) is 7.15. The first kappa shape index (κ1) is 16.1. The summed E-state index contributed by atoms with van der Waals surface area (Å²) in [5.74, 6) is 0.796. The highest BCUT2D eigenvalue weighted by atomic mass is 79.9.